The first-order chi connectivity index (χ1) is 8.20. The second kappa shape index (κ2) is 4.38. The van der Waals surface area contributed by atoms with Gasteiger partial charge in [0.05, 0.1) is 0 Å². The number of carbonyl (C=O) groups is 1. The molecular formula is C11H20N2O4S. The molecule has 2 heterocycles. The zero-order valence-electron chi connectivity index (χ0n) is 11.0. The van der Waals surface area contributed by atoms with Crippen molar-refractivity contribution in [3.63, 3.8) is 0 Å². The van der Waals surface area contributed by atoms with E-state index < -0.39 is 27.0 Å². The Morgan fingerprint density at radius 2 is 1.78 bits per heavy atom. The van der Waals surface area contributed by atoms with Crippen LogP contribution in [0.2, 0.25) is 0 Å². The minimum atomic E-state index is -3.19. The third kappa shape index (κ3) is 2.61. The maximum absolute atomic E-state index is 12.0. The van der Waals surface area contributed by atoms with E-state index in [9.17, 15) is 13.2 Å². The number of carbonyl (C=O) groups excluding carboxylic acids is 1. The number of likely N-dealkylation sites (tertiary alicyclic amines) is 1. The number of amides is 1. The topological polar surface area (TPSA) is 66.9 Å². The number of sulfonamides is 1. The monoisotopic (exact) mass is 276 g/mol. The smallest absolute Gasteiger partial charge is 0.410 e. The Morgan fingerprint density at radius 3 is 2.17 bits per heavy atom. The molecule has 18 heavy (non-hydrogen) atoms. The first-order valence-electron chi connectivity index (χ1n) is 6.17. The maximum atomic E-state index is 12.0. The summed E-state index contributed by atoms with van der Waals surface area (Å²) in [5, 5.41) is -0.453. The van der Waals surface area contributed by atoms with Crippen LogP contribution in [0.4, 0.5) is 4.79 Å². The molecule has 0 atom stereocenters. The molecule has 2 fully saturated rings. The quantitative estimate of drug-likeness (QED) is 0.742. The van der Waals surface area contributed by atoms with E-state index in [1.165, 1.54) is 9.21 Å². The molecule has 0 aromatic heterocycles. The molecule has 0 unspecified atom stereocenters. The van der Waals surface area contributed by atoms with E-state index >= 15 is 0 Å². The summed E-state index contributed by atoms with van der Waals surface area (Å²) < 4.78 is 30.7. The van der Waals surface area contributed by atoms with Crippen LogP contribution in [-0.2, 0) is 14.8 Å². The van der Waals surface area contributed by atoms with Gasteiger partial charge in [0.15, 0.2) is 0 Å². The van der Waals surface area contributed by atoms with Crippen LogP contribution >= 0.6 is 0 Å². The van der Waals surface area contributed by atoms with E-state index in [2.05, 4.69) is 0 Å². The first kappa shape index (κ1) is 13.6. The van der Waals surface area contributed by atoms with Gasteiger partial charge in [-0.2, -0.15) is 0 Å². The lowest BCUT2D eigenvalue weighted by molar-refractivity contribution is 0.0134. The molecule has 6 nitrogen and oxygen atoms in total. The minimum absolute atomic E-state index is 0.244. The number of hydrogen-bond acceptors (Lipinski definition) is 4. The van der Waals surface area contributed by atoms with E-state index in [1.807, 2.05) is 0 Å². The van der Waals surface area contributed by atoms with Gasteiger partial charge in [0.2, 0.25) is 10.0 Å². The van der Waals surface area contributed by atoms with Gasteiger partial charge in [-0.15, -0.1) is 0 Å². The van der Waals surface area contributed by atoms with Crippen molar-refractivity contribution in [3.05, 3.63) is 0 Å². The normalized spacial score (nSPS) is 22.3. The van der Waals surface area contributed by atoms with Gasteiger partial charge in [0, 0.05) is 26.2 Å². The molecular weight excluding hydrogens is 256 g/mol. The highest BCUT2D eigenvalue weighted by Crippen LogP contribution is 2.25. The molecule has 0 saturated carbocycles. The number of hydrogen-bond donors (Lipinski definition) is 0. The molecule has 1 amide bonds. The zero-order chi connectivity index (χ0) is 13.6. The van der Waals surface area contributed by atoms with Crippen molar-refractivity contribution in [1.29, 1.82) is 0 Å². The van der Waals surface area contributed by atoms with Gasteiger partial charge < -0.3 is 9.64 Å². The molecule has 2 saturated heterocycles. The van der Waals surface area contributed by atoms with E-state index in [4.69, 9.17) is 4.74 Å². The third-order valence-corrected chi connectivity index (χ3v) is 5.32. The standard InChI is InChI=1S/C11H20N2O4S/c1-11(2,3)17-10(14)12-7-9(8-12)18(15,16)13-5-4-6-13/h9H,4-8H2,1-3H3. The summed E-state index contributed by atoms with van der Waals surface area (Å²) in [6.45, 7) is 7.09. The molecule has 0 aliphatic carbocycles. The Bertz CT molecular complexity index is 430. The highest BCUT2D eigenvalue weighted by atomic mass is 32.2. The maximum Gasteiger partial charge on any atom is 0.410 e. The summed E-state index contributed by atoms with van der Waals surface area (Å²) in [7, 11) is -3.19. The molecule has 104 valence electrons. The van der Waals surface area contributed by atoms with Crippen molar-refractivity contribution in [2.24, 2.45) is 0 Å². The molecule has 0 bridgehead atoms. The average Bonchev–Trinajstić information content (AvgIpc) is 1.89. The summed E-state index contributed by atoms with van der Waals surface area (Å²) in [6.07, 6.45) is 0.499. The van der Waals surface area contributed by atoms with Gasteiger partial charge in [0.1, 0.15) is 10.9 Å². The molecule has 2 aliphatic rings. The summed E-state index contributed by atoms with van der Waals surface area (Å²) in [5.74, 6) is 0. The van der Waals surface area contributed by atoms with Gasteiger partial charge in [0.25, 0.3) is 0 Å². The predicted octanol–water partition coefficient (Wildman–Crippen LogP) is 0.641. The Balaban J connectivity index is 1.85. The fraction of sp³-hybridized carbons (Fsp3) is 0.909. The van der Waals surface area contributed by atoms with Gasteiger partial charge in [-0.05, 0) is 27.2 Å². The van der Waals surface area contributed by atoms with Crippen molar-refractivity contribution in [2.75, 3.05) is 26.2 Å². The molecule has 7 heteroatoms. The van der Waals surface area contributed by atoms with Crippen LogP contribution in [0.1, 0.15) is 27.2 Å². The van der Waals surface area contributed by atoms with Crippen molar-refractivity contribution in [3.8, 4) is 0 Å². The van der Waals surface area contributed by atoms with Gasteiger partial charge in [-0.3, -0.25) is 0 Å². The molecule has 2 rings (SSSR count). The number of nitrogens with zero attached hydrogens (tertiary/aromatic N) is 2. The lowest BCUT2D eigenvalue weighted by atomic mass is 10.2. The molecule has 0 N–H and O–H groups in total. The summed E-state index contributed by atoms with van der Waals surface area (Å²) in [5.41, 5.74) is -0.543. The van der Waals surface area contributed by atoms with Crippen LogP contribution in [0.5, 0.6) is 0 Å². The van der Waals surface area contributed by atoms with Crippen LogP contribution < -0.4 is 0 Å². The lowest BCUT2D eigenvalue weighted by Crippen LogP contribution is -2.62. The Kier molecular flexibility index (Phi) is 3.31. The Morgan fingerprint density at radius 1 is 1.22 bits per heavy atom. The van der Waals surface area contributed by atoms with Crippen molar-refractivity contribution in [2.45, 2.75) is 38.0 Å². The average molecular weight is 276 g/mol. The van der Waals surface area contributed by atoms with Crippen LogP contribution in [0.25, 0.3) is 0 Å². The van der Waals surface area contributed by atoms with Crippen LogP contribution in [0.15, 0.2) is 0 Å². The molecule has 0 aromatic rings. The second-order valence-corrected chi connectivity index (χ2v) is 8.02. The van der Waals surface area contributed by atoms with Gasteiger partial charge >= 0.3 is 6.09 Å². The Labute approximate surface area is 108 Å². The van der Waals surface area contributed by atoms with E-state index in [0.29, 0.717) is 13.1 Å². The minimum Gasteiger partial charge on any atom is -0.444 e. The molecule has 0 spiro atoms. The summed E-state index contributed by atoms with van der Waals surface area (Å²) in [4.78, 5) is 13.1. The van der Waals surface area contributed by atoms with Crippen LogP contribution in [0.3, 0.4) is 0 Å². The van der Waals surface area contributed by atoms with Crippen molar-refractivity contribution < 1.29 is 17.9 Å². The molecule has 2 aliphatic heterocycles. The van der Waals surface area contributed by atoms with Crippen molar-refractivity contribution >= 4 is 16.1 Å². The predicted molar refractivity (Wildman–Crippen MR) is 66.7 cm³/mol. The van der Waals surface area contributed by atoms with Crippen LogP contribution in [-0.4, -0.2) is 60.7 Å². The van der Waals surface area contributed by atoms with Crippen molar-refractivity contribution in [1.82, 2.24) is 9.21 Å². The van der Waals surface area contributed by atoms with Gasteiger partial charge in [-0.1, -0.05) is 0 Å². The zero-order valence-corrected chi connectivity index (χ0v) is 11.9. The number of ether oxygens (including phenoxy) is 1. The third-order valence-electron chi connectivity index (χ3n) is 3.10. The first-order valence-corrected chi connectivity index (χ1v) is 7.67. The summed E-state index contributed by atoms with van der Waals surface area (Å²) >= 11 is 0. The highest BCUT2D eigenvalue weighted by molar-refractivity contribution is 7.89. The highest BCUT2D eigenvalue weighted by Gasteiger charge is 2.45. The summed E-state index contributed by atoms with van der Waals surface area (Å²) in [6, 6.07) is 0. The van der Waals surface area contributed by atoms with E-state index in [0.717, 1.165) is 6.42 Å². The molecule has 0 radical (unpaired) electrons. The fourth-order valence-electron chi connectivity index (χ4n) is 1.85. The Hall–Kier alpha value is -0.820. The van der Waals surface area contributed by atoms with Gasteiger partial charge in [-0.25, -0.2) is 17.5 Å². The second-order valence-electron chi connectivity index (χ2n) is 5.80. The largest absolute Gasteiger partial charge is 0.444 e. The lowest BCUT2D eigenvalue weighted by Gasteiger charge is -2.42. The van der Waals surface area contributed by atoms with Crippen LogP contribution in [0, 0.1) is 0 Å². The van der Waals surface area contributed by atoms with E-state index in [1.54, 1.807) is 20.8 Å². The molecule has 0 aromatic carbocycles. The fourth-order valence-corrected chi connectivity index (χ4v) is 3.78. The SMILES string of the molecule is CC(C)(C)OC(=O)N1CC(S(=O)(=O)N2CCC2)C1. The van der Waals surface area contributed by atoms with E-state index in [-0.39, 0.29) is 13.1 Å². The number of rotatable bonds is 2.